The van der Waals surface area contributed by atoms with E-state index >= 15 is 0 Å². The molecule has 0 radical (unpaired) electrons. The molecule has 140 valence electrons. The van der Waals surface area contributed by atoms with E-state index in [1.165, 1.54) is 17.7 Å². The van der Waals surface area contributed by atoms with Crippen molar-refractivity contribution < 1.29 is 17.6 Å². The van der Waals surface area contributed by atoms with Crippen LogP contribution >= 0.6 is 11.8 Å². The Hall–Kier alpha value is -2.06. The third-order valence-corrected chi connectivity index (χ3v) is 5.67. The van der Waals surface area contributed by atoms with Crippen LogP contribution < -0.4 is 9.62 Å². The maximum atomic E-state index is 13.0. The van der Waals surface area contributed by atoms with E-state index in [1.54, 1.807) is 11.8 Å². The SMILES string of the molecule is Cc1ccc(SCCNC(=O)CN(c2ccc(F)cc2)S(C)(=O)=O)cc1. The predicted molar refractivity (Wildman–Crippen MR) is 104 cm³/mol. The lowest BCUT2D eigenvalue weighted by Crippen LogP contribution is -2.41. The zero-order valence-electron chi connectivity index (χ0n) is 14.6. The highest BCUT2D eigenvalue weighted by molar-refractivity contribution is 7.99. The van der Waals surface area contributed by atoms with Crippen molar-refractivity contribution in [3.8, 4) is 0 Å². The number of rotatable bonds is 8. The van der Waals surface area contributed by atoms with Gasteiger partial charge in [0.2, 0.25) is 15.9 Å². The summed E-state index contributed by atoms with van der Waals surface area (Å²) >= 11 is 1.61. The van der Waals surface area contributed by atoms with Crippen molar-refractivity contribution in [3.05, 3.63) is 59.9 Å². The van der Waals surface area contributed by atoms with Crippen LogP contribution in [0, 0.1) is 12.7 Å². The Morgan fingerprint density at radius 3 is 2.31 bits per heavy atom. The number of anilines is 1. The zero-order chi connectivity index (χ0) is 19.2. The molecule has 0 bridgehead atoms. The molecule has 0 unspecified atom stereocenters. The van der Waals surface area contributed by atoms with Crippen LogP contribution in [-0.2, 0) is 14.8 Å². The summed E-state index contributed by atoms with van der Waals surface area (Å²) in [6.07, 6.45) is 1.01. The number of sulfonamides is 1. The molecule has 2 rings (SSSR count). The Morgan fingerprint density at radius 1 is 1.12 bits per heavy atom. The standard InChI is InChI=1S/C18H21FN2O3S2/c1-14-3-9-17(10-4-14)25-12-11-20-18(22)13-21(26(2,23)24)16-7-5-15(19)6-8-16/h3-10H,11-13H2,1-2H3,(H,20,22). The van der Waals surface area contributed by atoms with Crippen LogP contribution in [0.15, 0.2) is 53.4 Å². The van der Waals surface area contributed by atoms with E-state index in [0.29, 0.717) is 12.3 Å². The Bertz CT molecular complexity index is 838. The monoisotopic (exact) mass is 396 g/mol. The van der Waals surface area contributed by atoms with Gasteiger partial charge in [-0.15, -0.1) is 11.8 Å². The van der Waals surface area contributed by atoms with Gasteiger partial charge in [-0.25, -0.2) is 12.8 Å². The summed E-state index contributed by atoms with van der Waals surface area (Å²) in [7, 11) is -3.66. The van der Waals surface area contributed by atoms with Crippen LogP contribution in [0.1, 0.15) is 5.56 Å². The molecule has 2 aromatic carbocycles. The van der Waals surface area contributed by atoms with Gasteiger partial charge in [-0.1, -0.05) is 17.7 Å². The number of amides is 1. The third kappa shape index (κ3) is 6.34. The first kappa shape index (κ1) is 20.3. The Morgan fingerprint density at radius 2 is 1.73 bits per heavy atom. The molecule has 0 aliphatic heterocycles. The second kappa shape index (κ2) is 9.05. The summed E-state index contributed by atoms with van der Waals surface area (Å²) in [6.45, 7) is 2.08. The first-order chi connectivity index (χ1) is 12.3. The molecule has 26 heavy (non-hydrogen) atoms. The van der Waals surface area contributed by atoms with Gasteiger partial charge in [-0.05, 0) is 43.3 Å². The predicted octanol–water partition coefficient (Wildman–Crippen LogP) is 2.81. The van der Waals surface area contributed by atoms with E-state index in [4.69, 9.17) is 0 Å². The summed E-state index contributed by atoms with van der Waals surface area (Å²) in [5, 5.41) is 2.71. The van der Waals surface area contributed by atoms with Gasteiger partial charge in [0.1, 0.15) is 12.4 Å². The molecule has 0 heterocycles. The van der Waals surface area contributed by atoms with Crippen molar-refractivity contribution in [2.24, 2.45) is 0 Å². The summed E-state index contributed by atoms with van der Waals surface area (Å²) in [4.78, 5) is 13.2. The number of thioether (sulfide) groups is 1. The number of nitrogens with zero attached hydrogens (tertiary/aromatic N) is 1. The second-order valence-corrected chi connectivity index (χ2v) is 8.83. The first-order valence-corrected chi connectivity index (χ1v) is 10.8. The summed E-state index contributed by atoms with van der Waals surface area (Å²) in [6, 6.07) is 13.0. The van der Waals surface area contributed by atoms with Crippen LogP contribution in [0.2, 0.25) is 0 Å². The second-order valence-electron chi connectivity index (χ2n) is 5.76. The lowest BCUT2D eigenvalue weighted by Gasteiger charge is -2.21. The molecule has 0 aliphatic carbocycles. The summed E-state index contributed by atoms with van der Waals surface area (Å²) < 4.78 is 37.9. The Kier molecular flexibility index (Phi) is 7.05. The maximum absolute atomic E-state index is 13.0. The maximum Gasteiger partial charge on any atom is 0.240 e. The van der Waals surface area contributed by atoms with Crippen LogP contribution in [-0.4, -0.2) is 39.4 Å². The summed E-state index contributed by atoms with van der Waals surface area (Å²) in [5.41, 5.74) is 1.43. The van der Waals surface area contributed by atoms with Crippen molar-refractivity contribution in [3.63, 3.8) is 0 Å². The van der Waals surface area contributed by atoms with E-state index in [9.17, 15) is 17.6 Å². The summed E-state index contributed by atoms with van der Waals surface area (Å²) in [5.74, 6) is -0.214. The van der Waals surface area contributed by atoms with E-state index < -0.39 is 21.7 Å². The van der Waals surface area contributed by atoms with Gasteiger partial charge in [0.25, 0.3) is 0 Å². The van der Waals surface area contributed by atoms with Gasteiger partial charge >= 0.3 is 0 Å². The zero-order valence-corrected chi connectivity index (χ0v) is 16.2. The molecule has 0 aliphatic rings. The quantitative estimate of drug-likeness (QED) is 0.550. The first-order valence-electron chi connectivity index (χ1n) is 7.95. The lowest BCUT2D eigenvalue weighted by atomic mass is 10.2. The highest BCUT2D eigenvalue weighted by Gasteiger charge is 2.20. The molecular weight excluding hydrogens is 375 g/mol. The smallest absolute Gasteiger partial charge is 0.240 e. The number of carbonyl (C=O) groups excluding carboxylic acids is 1. The molecule has 0 saturated heterocycles. The highest BCUT2D eigenvalue weighted by atomic mass is 32.2. The number of carbonyl (C=O) groups is 1. The van der Waals surface area contributed by atoms with Gasteiger partial charge < -0.3 is 5.32 Å². The number of aryl methyl sites for hydroxylation is 1. The fraction of sp³-hybridized carbons (Fsp3) is 0.278. The fourth-order valence-corrected chi connectivity index (χ4v) is 3.81. The van der Waals surface area contributed by atoms with Gasteiger partial charge in [0.05, 0.1) is 11.9 Å². The normalized spacial score (nSPS) is 11.2. The molecule has 0 atom stereocenters. The Balaban J connectivity index is 1.87. The van der Waals surface area contributed by atoms with Crippen LogP contribution in [0.25, 0.3) is 0 Å². The minimum Gasteiger partial charge on any atom is -0.354 e. The van der Waals surface area contributed by atoms with Gasteiger partial charge in [-0.2, -0.15) is 0 Å². The van der Waals surface area contributed by atoms with E-state index in [2.05, 4.69) is 5.32 Å². The van der Waals surface area contributed by atoms with Gasteiger partial charge in [0.15, 0.2) is 0 Å². The molecular formula is C18H21FN2O3S2. The molecule has 8 heteroatoms. The molecule has 0 aromatic heterocycles. The van der Waals surface area contributed by atoms with E-state index in [0.717, 1.165) is 27.6 Å². The molecule has 5 nitrogen and oxygen atoms in total. The van der Waals surface area contributed by atoms with Crippen LogP contribution in [0.3, 0.4) is 0 Å². The van der Waals surface area contributed by atoms with E-state index in [1.807, 2.05) is 31.2 Å². The largest absolute Gasteiger partial charge is 0.354 e. The van der Waals surface area contributed by atoms with Crippen molar-refractivity contribution in [2.45, 2.75) is 11.8 Å². The molecule has 1 N–H and O–H groups in total. The number of nitrogens with one attached hydrogen (secondary N) is 1. The number of hydrogen-bond donors (Lipinski definition) is 1. The van der Waals surface area contributed by atoms with Crippen LogP contribution in [0.5, 0.6) is 0 Å². The number of benzene rings is 2. The molecule has 1 amide bonds. The molecule has 0 saturated carbocycles. The Labute approximate surface area is 157 Å². The fourth-order valence-electron chi connectivity index (χ4n) is 2.19. The van der Waals surface area contributed by atoms with Gasteiger partial charge in [0, 0.05) is 17.2 Å². The topological polar surface area (TPSA) is 66.5 Å². The minimum atomic E-state index is -3.66. The van der Waals surface area contributed by atoms with Crippen molar-refractivity contribution in [1.29, 1.82) is 0 Å². The van der Waals surface area contributed by atoms with Gasteiger partial charge in [-0.3, -0.25) is 9.10 Å². The minimum absolute atomic E-state index is 0.248. The average Bonchev–Trinajstić information content (AvgIpc) is 2.58. The number of hydrogen-bond acceptors (Lipinski definition) is 4. The van der Waals surface area contributed by atoms with E-state index in [-0.39, 0.29) is 12.2 Å². The third-order valence-electron chi connectivity index (χ3n) is 3.52. The van der Waals surface area contributed by atoms with Crippen LogP contribution in [0.4, 0.5) is 10.1 Å². The highest BCUT2D eigenvalue weighted by Crippen LogP contribution is 2.18. The average molecular weight is 397 g/mol. The lowest BCUT2D eigenvalue weighted by molar-refractivity contribution is -0.119. The van der Waals surface area contributed by atoms with Crippen molar-refractivity contribution in [2.75, 3.05) is 29.4 Å². The van der Waals surface area contributed by atoms with Crippen molar-refractivity contribution in [1.82, 2.24) is 5.32 Å². The van der Waals surface area contributed by atoms with Crippen molar-refractivity contribution >= 4 is 33.4 Å². The molecule has 0 spiro atoms. The molecule has 0 fully saturated rings. The molecule has 2 aromatic rings. The number of halogens is 1.